The molecule has 23 heavy (non-hydrogen) atoms. The average Bonchev–Trinajstić information content (AvgIpc) is 2.90. The number of hydrogen-bond acceptors (Lipinski definition) is 5. The van der Waals surface area contributed by atoms with E-state index in [9.17, 15) is 13.2 Å². The Labute approximate surface area is 133 Å². The molecule has 0 bridgehead atoms. The van der Waals surface area contributed by atoms with Gasteiger partial charge in [-0.05, 0) is 6.42 Å². The van der Waals surface area contributed by atoms with Gasteiger partial charge < -0.3 is 15.0 Å². The van der Waals surface area contributed by atoms with Gasteiger partial charge in [0.25, 0.3) is 0 Å². The minimum absolute atomic E-state index is 0.00787. The summed E-state index contributed by atoms with van der Waals surface area (Å²) in [5.41, 5.74) is -1.09. The maximum atomic E-state index is 13.1. The van der Waals surface area contributed by atoms with Crippen LogP contribution in [-0.2, 0) is 10.9 Å². The molecule has 2 fully saturated rings. The maximum Gasteiger partial charge on any atom is 0.433 e. The first-order chi connectivity index (χ1) is 10.6. The normalized spacial score (nSPS) is 28.9. The van der Waals surface area contributed by atoms with Gasteiger partial charge in [0, 0.05) is 44.1 Å². The summed E-state index contributed by atoms with van der Waals surface area (Å²) in [6.07, 6.45) is -3.44. The zero-order valence-electron chi connectivity index (χ0n) is 13.6. The Kier molecular flexibility index (Phi) is 3.70. The molecule has 0 unspecified atom stereocenters. The molecule has 0 aromatic carbocycles. The number of anilines is 2. The van der Waals surface area contributed by atoms with Gasteiger partial charge in [0.05, 0.1) is 6.10 Å². The molecule has 1 saturated carbocycles. The molecule has 128 valence electrons. The lowest BCUT2D eigenvalue weighted by molar-refractivity contribution is -0.141. The van der Waals surface area contributed by atoms with Crippen molar-refractivity contribution in [1.82, 2.24) is 9.97 Å². The molecular formula is C15H21F3N4O. The van der Waals surface area contributed by atoms with Crippen LogP contribution in [0.3, 0.4) is 0 Å². The third-order valence-electron chi connectivity index (χ3n) is 4.85. The number of hydrogen-bond donors (Lipinski definition) is 1. The van der Waals surface area contributed by atoms with Crippen LogP contribution in [0, 0.1) is 11.3 Å². The maximum absolute atomic E-state index is 13.1. The number of alkyl halides is 3. The van der Waals surface area contributed by atoms with Crippen LogP contribution in [0.5, 0.6) is 0 Å². The van der Waals surface area contributed by atoms with E-state index in [0.29, 0.717) is 12.5 Å². The smallest absolute Gasteiger partial charge is 0.377 e. The first-order valence-corrected chi connectivity index (χ1v) is 7.62. The molecule has 1 aliphatic heterocycles. The fourth-order valence-electron chi connectivity index (χ4n) is 3.63. The fraction of sp³-hybridized carbons (Fsp3) is 0.733. The summed E-state index contributed by atoms with van der Waals surface area (Å²) in [7, 11) is 3.31. The van der Waals surface area contributed by atoms with Crippen LogP contribution < -0.4 is 10.2 Å². The fourth-order valence-corrected chi connectivity index (χ4v) is 3.63. The van der Waals surface area contributed by atoms with Gasteiger partial charge >= 0.3 is 6.18 Å². The number of ether oxygens (including phenoxy) is 1. The minimum Gasteiger partial charge on any atom is -0.377 e. The molecule has 2 aliphatic rings. The van der Waals surface area contributed by atoms with E-state index in [-0.39, 0.29) is 29.3 Å². The molecule has 1 aromatic heterocycles. The van der Waals surface area contributed by atoms with Crippen molar-refractivity contribution in [3.8, 4) is 0 Å². The Hall–Kier alpha value is -1.57. The lowest BCUT2D eigenvalue weighted by atomic mass is 9.57. The average molecular weight is 330 g/mol. The molecule has 2 heterocycles. The number of nitrogens with zero attached hydrogens (tertiary/aromatic N) is 3. The molecule has 1 aliphatic carbocycles. The molecule has 3 atom stereocenters. The Balaban J connectivity index is 1.89. The molecule has 1 N–H and O–H groups in total. The Morgan fingerprint density at radius 1 is 1.30 bits per heavy atom. The van der Waals surface area contributed by atoms with Gasteiger partial charge in [-0.25, -0.2) is 4.98 Å². The highest BCUT2D eigenvalue weighted by Gasteiger charge is 2.59. The Morgan fingerprint density at radius 2 is 2.00 bits per heavy atom. The molecule has 0 spiro atoms. The summed E-state index contributed by atoms with van der Waals surface area (Å²) in [6.45, 7) is 4.80. The van der Waals surface area contributed by atoms with Crippen LogP contribution in [0.25, 0.3) is 0 Å². The van der Waals surface area contributed by atoms with E-state index in [2.05, 4.69) is 29.1 Å². The summed E-state index contributed by atoms with van der Waals surface area (Å²) >= 11 is 0. The lowest BCUT2D eigenvalue weighted by Gasteiger charge is -2.54. The second kappa shape index (κ2) is 5.22. The van der Waals surface area contributed by atoms with Gasteiger partial charge in [-0.2, -0.15) is 18.2 Å². The van der Waals surface area contributed by atoms with E-state index in [1.54, 1.807) is 14.1 Å². The van der Waals surface area contributed by atoms with Gasteiger partial charge in [-0.1, -0.05) is 13.8 Å². The monoisotopic (exact) mass is 330 g/mol. The van der Waals surface area contributed by atoms with E-state index < -0.39 is 11.9 Å². The van der Waals surface area contributed by atoms with Crippen LogP contribution in [0.1, 0.15) is 26.0 Å². The van der Waals surface area contributed by atoms with Crippen LogP contribution >= 0.6 is 0 Å². The zero-order valence-corrected chi connectivity index (χ0v) is 13.6. The summed E-state index contributed by atoms with van der Waals surface area (Å²) < 4.78 is 44.9. The summed E-state index contributed by atoms with van der Waals surface area (Å²) in [5.74, 6) is 0.545. The molecular weight excluding hydrogens is 309 g/mol. The van der Waals surface area contributed by atoms with Gasteiger partial charge in [0.15, 0.2) is 5.69 Å². The number of rotatable bonds is 3. The third kappa shape index (κ3) is 2.73. The largest absolute Gasteiger partial charge is 0.433 e. The number of nitrogens with one attached hydrogen (secondary N) is 1. The SMILES string of the molecule is CN(C)c1cc(C(F)(F)F)nc(N[C@@H]2[C@@H]3CCO[C@H]3C2(C)C)n1. The standard InChI is InChI=1S/C15H21F3N4O/c1-14(2)11(8-5-6-23-12(8)14)21-13-19-9(15(16,17)18)7-10(20-13)22(3)4/h7-8,11-12H,5-6H2,1-4H3,(H,19,20,21)/t8-,11+,12+/m0/s1. The zero-order chi connectivity index (χ0) is 17.0. The van der Waals surface area contributed by atoms with Gasteiger partial charge in [-0.15, -0.1) is 0 Å². The van der Waals surface area contributed by atoms with Gasteiger partial charge in [0.1, 0.15) is 5.82 Å². The van der Waals surface area contributed by atoms with Crippen LogP contribution in [0.2, 0.25) is 0 Å². The van der Waals surface area contributed by atoms with Crippen molar-refractivity contribution >= 4 is 11.8 Å². The first-order valence-electron chi connectivity index (χ1n) is 7.62. The minimum atomic E-state index is -4.50. The van der Waals surface area contributed by atoms with E-state index >= 15 is 0 Å². The van der Waals surface area contributed by atoms with E-state index in [4.69, 9.17) is 4.74 Å². The highest BCUT2D eigenvalue weighted by Crippen LogP contribution is 2.53. The van der Waals surface area contributed by atoms with Crippen molar-refractivity contribution < 1.29 is 17.9 Å². The summed E-state index contributed by atoms with van der Waals surface area (Å²) in [6, 6.07) is 0.965. The van der Waals surface area contributed by atoms with Crippen molar-refractivity contribution in [2.45, 2.75) is 38.6 Å². The second-order valence-electron chi connectivity index (χ2n) is 7.01. The number of aromatic nitrogens is 2. The predicted molar refractivity (Wildman–Crippen MR) is 80.4 cm³/mol. The van der Waals surface area contributed by atoms with E-state index in [1.807, 2.05) is 0 Å². The van der Waals surface area contributed by atoms with Crippen molar-refractivity contribution in [2.24, 2.45) is 11.3 Å². The van der Waals surface area contributed by atoms with Crippen molar-refractivity contribution in [1.29, 1.82) is 0 Å². The number of fused-ring (bicyclic) bond motifs is 1. The first kappa shape index (κ1) is 16.3. The molecule has 1 aromatic rings. The molecule has 3 rings (SSSR count). The Bertz CT molecular complexity index is 603. The van der Waals surface area contributed by atoms with Crippen molar-refractivity contribution in [3.63, 3.8) is 0 Å². The van der Waals surface area contributed by atoms with Crippen LogP contribution in [-0.4, -0.2) is 42.8 Å². The molecule has 0 amide bonds. The summed E-state index contributed by atoms with van der Waals surface area (Å²) in [4.78, 5) is 9.42. The highest BCUT2D eigenvalue weighted by atomic mass is 19.4. The topological polar surface area (TPSA) is 50.3 Å². The van der Waals surface area contributed by atoms with Crippen LogP contribution in [0.4, 0.5) is 24.9 Å². The Morgan fingerprint density at radius 3 is 2.61 bits per heavy atom. The lowest BCUT2D eigenvalue weighted by Crippen LogP contribution is -2.63. The number of halogens is 3. The van der Waals surface area contributed by atoms with Gasteiger partial charge in [0.2, 0.25) is 5.95 Å². The third-order valence-corrected chi connectivity index (χ3v) is 4.85. The summed E-state index contributed by atoms with van der Waals surface area (Å²) in [5, 5.41) is 3.12. The molecule has 0 radical (unpaired) electrons. The molecule has 8 heteroatoms. The quantitative estimate of drug-likeness (QED) is 0.923. The van der Waals surface area contributed by atoms with Crippen LogP contribution in [0.15, 0.2) is 6.07 Å². The molecule has 5 nitrogen and oxygen atoms in total. The van der Waals surface area contributed by atoms with Gasteiger partial charge in [-0.3, -0.25) is 0 Å². The highest BCUT2D eigenvalue weighted by molar-refractivity contribution is 5.45. The molecule has 1 saturated heterocycles. The van der Waals surface area contributed by atoms with E-state index in [0.717, 1.165) is 12.5 Å². The van der Waals surface area contributed by atoms with Crippen molar-refractivity contribution in [2.75, 3.05) is 30.9 Å². The second-order valence-corrected chi connectivity index (χ2v) is 7.01. The predicted octanol–water partition coefficient (Wildman–Crippen LogP) is 2.79. The van der Waals surface area contributed by atoms with Crippen molar-refractivity contribution in [3.05, 3.63) is 11.8 Å². The van der Waals surface area contributed by atoms with E-state index in [1.165, 1.54) is 4.90 Å².